The molecule has 1 atom stereocenters. The van der Waals surface area contributed by atoms with Crippen molar-refractivity contribution in [3.05, 3.63) is 47.0 Å². The van der Waals surface area contributed by atoms with Crippen LogP contribution in [-0.2, 0) is 15.1 Å². The Morgan fingerprint density at radius 2 is 2.07 bits per heavy atom. The van der Waals surface area contributed by atoms with Crippen molar-refractivity contribution in [3.63, 3.8) is 0 Å². The van der Waals surface area contributed by atoms with E-state index in [-0.39, 0.29) is 6.61 Å². The molecule has 1 saturated heterocycles. The average molecular weight is 269 g/mol. The summed E-state index contributed by atoms with van der Waals surface area (Å²) in [6, 6.07) is 7.50. The predicted octanol–water partition coefficient (Wildman–Crippen LogP) is 3.00. The summed E-state index contributed by atoms with van der Waals surface area (Å²) in [5, 5.41) is 0. The van der Waals surface area contributed by atoms with Gasteiger partial charge in [-0.2, -0.15) is 0 Å². The molecular formula is C11H9BrO3. The van der Waals surface area contributed by atoms with Gasteiger partial charge in [0.25, 0.3) is 0 Å². The van der Waals surface area contributed by atoms with Crippen molar-refractivity contribution in [1.29, 1.82) is 0 Å². The van der Waals surface area contributed by atoms with Gasteiger partial charge in [-0.25, -0.2) is 4.79 Å². The van der Waals surface area contributed by atoms with Crippen LogP contribution in [-0.4, -0.2) is 12.8 Å². The van der Waals surface area contributed by atoms with Crippen molar-refractivity contribution in [1.82, 2.24) is 0 Å². The number of ether oxygens (including phenoxy) is 2. The highest BCUT2D eigenvalue weighted by atomic mass is 79.9. The van der Waals surface area contributed by atoms with Gasteiger partial charge in [0.05, 0.1) is 0 Å². The molecule has 1 aromatic rings. The highest BCUT2D eigenvalue weighted by Gasteiger charge is 2.41. The maximum atomic E-state index is 11.0. The second-order valence-electron chi connectivity index (χ2n) is 3.24. The first-order valence-electron chi connectivity index (χ1n) is 4.42. The molecule has 0 radical (unpaired) electrons. The minimum absolute atomic E-state index is 0.178. The third kappa shape index (κ3) is 1.77. The summed E-state index contributed by atoms with van der Waals surface area (Å²) in [6.07, 6.45) is 0.930. The van der Waals surface area contributed by atoms with Crippen LogP contribution in [0.25, 0.3) is 0 Å². The number of rotatable bonds is 2. The minimum Gasteiger partial charge on any atom is -0.429 e. The smallest absolute Gasteiger partial charge is 0.429 e. The third-order valence-electron chi connectivity index (χ3n) is 2.33. The fraction of sp³-hybridized carbons (Fsp3) is 0.182. The predicted molar refractivity (Wildman–Crippen MR) is 58.5 cm³/mol. The van der Waals surface area contributed by atoms with E-state index in [2.05, 4.69) is 22.5 Å². The Labute approximate surface area is 95.8 Å². The van der Waals surface area contributed by atoms with Crippen LogP contribution >= 0.6 is 15.9 Å². The zero-order chi connectivity index (χ0) is 10.9. The van der Waals surface area contributed by atoms with Gasteiger partial charge < -0.3 is 9.47 Å². The minimum atomic E-state index is -0.836. The van der Waals surface area contributed by atoms with Crippen molar-refractivity contribution < 1.29 is 14.3 Å². The highest BCUT2D eigenvalue weighted by Crippen LogP contribution is 2.33. The molecule has 1 heterocycles. The molecule has 0 aromatic heterocycles. The van der Waals surface area contributed by atoms with E-state index in [4.69, 9.17) is 9.47 Å². The van der Waals surface area contributed by atoms with Crippen LogP contribution in [0.15, 0.2) is 41.4 Å². The molecule has 2 rings (SSSR count). The van der Waals surface area contributed by atoms with Crippen molar-refractivity contribution in [2.24, 2.45) is 0 Å². The number of hydrogen-bond acceptors (Lipinski definition) is 3. The summed E-state index contributed by atoms with van der Waals surface area (Å²) in [6.45, 7) is 3.86. The number of hydrogen-bond donors (Lipinski definition) is 0. The maximum absolute atomic E-state index is 11.0. The van der Waals surface area contributed by atoms with Crippen molar-refractivity contribution in [2.45, 2.75) is 5.60 Å². The molecule has 1 aliphatic rings. The largest absolute Gasteiger partial charge is 0.509 e. The van der Waals surface area contributed by atoms with Crippen LogP contribution < -0.4 is 0 Å². The molecule has 78 valence electrons. The summed E-state index contributed by atoms with van der Waals surface area (Å²) in [5.41, 5.74) is 0.0178. The molecule has 0 unspecified atom stereocenters. The lowest BCUT2D eigenvalue weighted by Crippen LogP contribution is -2.25. The van der Waals surface area contributed by atoms with E-state index in [9.17, 15) is 4.79 Å². The van der Waals surface area contributed by atoms with E-state index >= 15 is 0 Å². The molecule has 1 fully saturated rings. The molecule has 0 N–H and O–H groups in total. The molecule has 0 bridgehead atoms. The lowest BCUT2D eigenvalue weighted by Gasteiger charge is -2.20. The number of halogens is 1. The van der Waals surface area contributed by atoms with Crippen molar-refractivity contribution in [2.75, 3.05) is 6.61 Å². The second kappa shape index (κ2) is 3.70. The lowest BCUT2D eigenvalue weighted by molar-refractivity contribution is 0.0887. The van der Waals surface area contributed by atoms with E-state index in [0.29, 0.717) is 0 Å². The third-order valence-corrected chi connectivity index (χ3v) is 2.86. The second-order valence-corrected chi connectivity index (χ2v) is 4.16. The molecule has 0 saturated carbocycles. The van der Waals surface area contributed by atoms with Gasteiger partial charge in [0.15, 0.2) is 5.60 Å². The maximum Gasteiger partial charge on any atom is 0.509 e. The average Bonchev–Trinajstić information content (AvgIpc) is 2.62. The van der Waals surface area contributed by atoms with Crippen LogP contribution in [0.4, 0.5) is 4.79 Å². The van der Waals surface area contributed by atoms with Gasteiger partial charge in [-0.15, -0.1) is 0 Å². The summed E-state index contributed by atoms with van der Waals surface area (Å²) < 4.78 is 10.9. The van der Waals surface area contributed by atoms with Gasteiger partial charge >= 0.3 is 6.16 Å². The quantitative estimate of drug-likeness (QED) is 0.611. The molecule has 1 aromatic carbocycles. The van der Waals surface area contributed by atoms with Crippen molar-refractivity contribution >= 4 is 22.1 Å². The molecule has 3 nitrogen and oxygen atoms in total. The van der Waals surface area contributed by atoms with Gasteiger partial charge in [-0.05, 0) is 18.2 Å². The number of carbonyl (C=O) groups excluding carboxylic acids is 1. The Morgan fingerprint density at radius 1 is 1.40 bits per heavy atom. The SMILES string of the molecule is C=C[C@@]1(c2ccc(Br)cc2)COC(=O)O1. The van der Waals surface area contributed by atoms with E-state index in [0.717, 1.165) is 10.0 Å². The topological polar surface area (TPSA) is 35.5 Å². The van der Waals surface area contributed by atoms with Gasteiger partial charge in [-0.1, -0.05) is 34.6 Å². The normalized spacial score (nSPS) is 24.5. The zero-order valence-corrected chi connectivity index (χ0v) is 9.49. The summed E-state index contributed by atoms with van der Waals surface area (Å²) in [4.78, 5) is 11.0. The first-order valence-corrected chi connectivity index (χ1v) is 5.21. The monoisotopic (exact) mass is 268 g/mol. The first-order chi connectivity index (χ1) is 7.16. The number of benzene rings is 1. The molecule has 0 aliphatic carbocycles. The molecule has 0 amide bonds. The summed E-state index contributed by atoms with van der Waals surface area (Å²) >= 11 is 3.34. The molecule has 0 spiro atoms. The van der Waals surface area contributed by atoms with Crippen molar-refractivity contribution in [3.8, 4) is 0 Å². The standard InChI is InChI=1S/C11H9BrO3/c1-2-11(7-14-10(13)15-11)8-3-5-9(12)6-4-8/h2-6H,1,7H2/t11-/m0/s1. The van der Waals surface area contributed by atoms with E-state index in [1.54, 1.807) is 6.08 Å². The molecular weight excluding hydrogens is 260 g/mol. The number of carbonyl (C=O) groups is 1. The molecule has 1 aliphatic heterocycles. The Kier molecular flexibility index (Phi) is 2.52. The lowest BCUT2D eigenvalue weighted by atomic mass is 9.95. The molecule has 4 heteroatoms. The van der Waals surface area contributed by atoms with Gasteiger partial charge in [-0.3, -0.25) is 0 Å². The fourth-order valence-electron chi connectivity index (χ4n) is 1.47. The van der Waals surface area contributed by atoms with Gasteiger partial charge in [0, 0.05) is 10.0 Å². The Bertz CT molecular complexity index is 399. The zero-order valence-electron chi connectivity index (χ0n) is 7.90. The highest BCUT2D eigenvalue weighted by molar-refractivity contribution is 9.10. The molecule has 15 heavy (non-hydrogen) atoms. The van der Waals surface area contributed by atoms with Gasteiger partial charge in [0.1, 0.15) is 6.61 Å². The number of cyclic esters (lactones) is 2. The Hall–Kier alpha value is -1.29. The Balaban J connectivity index is 2.38. The summed E-state index contributed by atoms with van der Waals surface area (Å²) in [5.74, 6) is 0. The summed E-state index contributed by atoms with van der Waals surface area (Å²) in [7, 11) is 0. The first kappa shape index (κ1) is 10.2. The van der Waals surface area contributed by atoms with E-state index in [1.165, 1.54) is 0 Å². The van der Waals surface area contributed by atoms with E-state index in [1.807, 2.05) is 24.3 Å². The van der Waals surface area contributed by atoms with E-state index < -0.39 is 11.8 Å². The van der Waals surface area contributed by atoms with Crippen LogP contribution in [0.2, 0.25) is 0 Å². The van der Waals surface area contributed by atoms with Crippen LogP contribution in [0.3, 0.4) is 0 Å². The van der Waals surface area contributed by atoms with Gasteiger partial charge in [0.2, 0.25) is 0 Å². The van der Waals surface area contributed by atoms with Crippen LogP contribution in [0, 0.1) is 0 Å². The fourth-order valence-corrected chi connectivity index (χ4v) is 1.73. The van der Waals surface area contributed by atoms with Crippen LogP contribution in [0.1, 0.15) is 5.56 Å². The van der Waals surface area contributed by atoms with Crippen LogP contribution in [0.5, 0.6) is 0 Å². The Morgan fingerprint density at radius 3 is 2.53 bits per heavy atom.